The molecule has 0 amide bonds. The van der Waals surface area contributed by atoms with Gasteiger partial charge in [-0.25, -0.2) is 0 Å². The largest absolute Gasteiger partial charge is 0.192 e. The first-order chi connectivity index (χ1) is 7.17. The van der Waals surface area contributed by atoms with E-state index in [0.29, 0.717) is 11.1 Å². The van der Waals surface area contributed by atoms with Crippen molar-refractivity contribution in [1.29, 1.82) is 5.26 Å². The molecule has 1 aromatic carbocycles. The maximum Gasteiger partial charge on any atom is 0.100 e. The second kappa shape index (κ2) is 6.42. The highest BCUT2D eigenvalue weighted by atomic mass is 79.9. The summed E-state index contributed by atoms with van der Waals surface area (Å²) in [6.45, 7) is 2.12. The van der Waals surface area contributed by atoms with Crippen LogP contribution in [-0.4, -0.2) is 11.1 Å². The van der Waals surface area contributed by atoms with Crippen LogP contribution in [0, 0.1) is 11.3 Å². The molecule has 1 atom stereocenters. The van der Waals surface area contributed by atoms with Gasteiger partial charge in [0.25, 0.3) is 0 Å². The average Bonchev–Trinajstić information content (AvgIpc) is 2.21. The molecule has 0 saturated heterocycles. The molecular weight excluding hydrogens is 294 g/mol. The molecule has 0 N–H and O–H groups in total. The van der Waals surface area contributed by atoms with Gasteiger partial charge in [-0.1, -0.05) is 22.9 Å². The van der Waals surface area contributed by atoms with Gasteiger partial charge in [-0.3, -0.25) is 0 Å². The van der Waals surface area contributed by atoms with E-state index < -0.39 is 0 Å². The van der Waals surface area contributed by atoms with Crippen LogP contribution in [0.5, 0.6) is 0 Å². The minimum absolute atomic E-state index is 0.441. The van der Waals surface area contributed by atoms with Crippen LogP contribution in [0.15, 0.2) is 27.6 Å². The number of rotatable bonds is 4. The van der Waals surface area contributed by atoms with Crippen molar-refractivity contribution in [2.45, 2.75) is 23.5 Å². The van der Waals surface area contributed by atoms with Gasteiger partial charge in [0.1, 0.15) is 6.07 Å². The van der Waals surface area contributed by atoms with E-state index >= 15 is 0 Å². The molecule has 0 aliphatic carbocycles. The molecule has 0 radical (unpaired) electrons. The third-order valence-electron chi connectivity index (χ3n) is 1.91. The lowest BCUT2D eigenvalue weighted by Crippen LogP contribution is -1.97. The maximum atomic E-state index is 8.98. The number of hydrogen-bond acceptors (Lipinski definition) is 2. The maximum absolute atomic E-state index is 8.98. The molecule has 0 spiro atoms. The molecule has 0 aliphatic rings. The zero-order chi connectivity index (χ0) is 11.3. The van der Waals surface area contributed by atoms with Crippen LogP contribution in [0.2, 0.25) is 0 Å². The van der Waals surface area contributed by atoms with Gasteiger partial charge in [-0.05, 0) is 24.6 Å². The molecule has 0 aromatic heterocycles. The Morgan fingerprint density at radius 2 is 2.33 bits per heavy atom. The molecule has 0 fully saturated rings. The lowest BCUT2D eigenvalue weighted by atomic mass is 10.2. The molecule has 0 aliphatic heterocycles. The van der Waals surface area contributed by atoms with Crippen LogP contribution in [0.1, 0.15) is 18.9 Å². The SMILES string of the molecule is CC(CCCl)Sc1ccc(Br)cc1C#N. The molecule has 80 valence electrons. The van der Waals surface area contributed by atoms with E-state index in [1.807, 2.05) is 18.2 Å². The van der Waals surface area contributed by atoms with Gasteiger partial charge >= 0.3 is 0 Å². The Morgan fingerprint density at radius 3 is 2.93 bits per heavy atom. The fraction of sp³-hybridized carbons (Fsp3) is 0.364. The van der Waals surface area contributed by atoms with Crippen molar-refractivity contribution in [2.24, 2.45) is 0 Å². The first kappa shape index (κ1) is 12.9. The van der Waals surface area contributed by atoms with Crippen molar-refractivity contribution < 1.29 is 0 Å². The van der Waals surface area contributed by atoms with Crippen LogP contribution in [-0.2, 0) is 0 Å². The molecular formula is C11H11BrClNS. The van der Waals surface area contributed by atoms with Crippen molar-refractivity contribution in [3.8, 4) is 6.07 Å². The van der Waals surface area contributed by atoms with Gasteiger partial charge in [0.2, 0.25) is 0 Å². The van der Waals surface area contributed by atoms with Crippen LogP contribution >= 0.6 is 39.3 Å². The highest BCUT2D eigenvalue weighted by Crippen LogP contribution is 2.30. The molecule has 1 aromatic rings. The van der Waals surface area contributed by atoms with E-state index in [9.17, 15) is 0 Å². The molecule has 1 rings (SSSR count). The van der Waals surface area contributed by atoms with E-state index in [4.69, 9.17) is 16.9 Å². The Morgan fingerprint density at radius 1 is 1.60 bits per heavy atom. The van der Waals surface area contributed by atoms with Crippen LogP contribution in [0.3, 0.4) is 0 Å². The second-order valence-corrected chi connectivity index (χ2v) is 5.93. The summed E-state index contributed by atoms with van der Waals surface area (Å²) in [5, 5.41) is 9.42. The standard InChI is InChI=1S/C11H11BrClNS/c1-8(4-5-13)15-11-3-2-10(12)6-9(11)7-14/h2-3,6,8H,4-5H2,1H3. The summed E-state index contributed by atoms with van der Waals surface area (Å²) < 4.78 is 0.938. The Labute approximate surface area is 108 Å². The van der Waals surface area contributed by atoms with Crippen molar-refractivity contribution in [3.05, 3.63) is 28.2 Å². The number of benzene rings is 1. The fourth-order valence-electron chi connectivity index (χ4n) is 1.12. The smallest absolute Gasteiger partial charge is 0.100 e. The van der Waals surface area contributed by atoms with Crippen molar-refractivity contribution in [1.82, 2.24) is 0 Å². The van der Waals surface area contributed by atoms with Gasteiger partial charge in [-0.2, -0.15) is 5.26 Å². The van der Waals surface area contributed by atoms with E-state index in [2.05, 4.69) is 28.9 Å². The quantitative estimate of drug-likeness (QED) is 0.607. The Balaban J connectivity index is 2.81. The fourth-order valence-corrected chi connectivity index (χ4v) is 2.99. The first-order valence-electron chi connectivity index (χ1n) is 4.59. The molecule has 0 saturated carbocycles. The molecule has 4 heteroatoms. The van der Waals surface area contributed by atoms with Crippen LogP contribution in [0.25, 0.3) is 0 Å². The highest BCUT2D eigenvalue weighted by molar-refractivity contribution is 9.10. The zero-order valence-corrected chi connectivity index (χ0v) is 11.5. The molecule has 0 heterocycles. The third kappa shape index (κ3) is 4.06. The summed E-state index contributed by atoms with van der Waals surface area (Å²) in [5.74, 6) is 0.659. The lowest BCUT2D eigenvalue weighted by molar-refractivity contribution is 0.912. The van der Waals surface area contributed by atoms with Crippen LogP contribution < -0.4 is 0 Å². The number of alkyl halides is 1. The van der Waals surface area contributed by atoms with E-state index in [-0.39, 0.29) is 0 Å². The molecule has 15 heavy (non-hydrogen) atoms. The minimum atomic E-state index is 0.441. The second-order valence-electron chi connectivity index (χ2n) is 3.16. The van der Waals surface area contributed by atoms with Gasteiger partial charge in [0.15, 0.2) is 0 Å². The topological polar surface area (TPSA) is 23.8 Å². The number of hydrogen-bond donors (Lipinski definition) is 0. The molecule has 1 nitrogen and oxygen atoms in total. The lowest BCUT2D eigenvalue weighted by Gasteiger charge is -2.10. The van der Waals surface area contributed by atoms with Crippen LogP contribution in [0.4, 0.5) is 0 Å². The van der Waals surface area contributed by atoms with E-state index in [1.54, 1.807) is 11.8 Å². The van der Waals surface area contributed by atoms with E-state index in [0.717, 1.165) is 21.4 Å². The van der Waals surface area contributed by atoms with Gasteiger partial charge < -0.3 is 0 Å². The predicted octanol–water partition coefficient (Wildman–Crippen LogP) is 4.43. The molecule has 0 bridgehead atoms. The van der Waals surface area contributed by atoms with Crippen molar-refractivity contribution in [3.63, 3.8) is 0 Å². The summed E-state index contributed by atoms with van der Waals surface area (Å²) in [6, 6.07) is 7.97. The first-order valence-corrected chi connectivity index (χ1v) is 6.80. The summed E-state index contributed by atoms with van der Waals surface area (Å²) in [5.41, 5.74) is 0.718. The highest BCUT2D eigenvalue weighted by Gasteiger charge is 2.08. The van der Waals surface area contributed by atoms with Gasteiger partial charge in [0.05, 0.1) is 5.56 Å². The van der Waals surface area contributed by atoms with E-state index in [1.165, 1.54) is 0 Å². The number of halogens is 2. The summed E-state index contributed by atoms with van der Waals surface area (Å²) >= 11 is 10.7. The summed E-state index contributed by atoms with van der Waals surface area (Å²) in [7, 11) is 0. The normalized spacial score (nSPS) is 12.1. The summed E-state index contributed by atoms with van der Waals surface area (Å²) in [6.07, 6.45) is 0.952. The number of nitrogens with zero attached hydrogens (tertiary/aromatic N) is 1. The van der Waals surface area contributed by atoms with Gasteiger partial charge in [0, 0.05) is 20.5 Å². The summed E-state index contributed by atoms with van der Waals surface area (Å²) in [4.78, 5) is 1.03. The Kier molecular flexibility index (Phi) is 5.52. The minimum Gasteiger partial charge on any atom is -0.192 e. The average molecular weight is 305 g/mol. The third-order valence-corrected chi connectivity index (χ3v) is 3.87. The van der Waals surface area contributed by atoms with Crippen molar-refractivity contribution in [2.75, 3.05) is 5.88 Å². The number of nitriles is 1. The predicted molar refractivity (Wildman–Crippen MR) is 69.5 cm³/mol. The Hall–Kier alpha value is -0.170. The monoisotopic (exact) mass is 303 g/mol. The van der Waals surface area contributed by atoms with Gasteiger partial charge in [-0.15, -0.1) is 23.4 Å². The molecule has 1 unspecified atom stereocenters. The zero-order valence-electron chi connectivity index (χ0n) is 8.34. The van der Waals surface area contributed by atoms with Crippen molar-refractivity contribution >= 4 is 39.3 Å². The number of thioether (sulfide) groups is 1. The Bertz CT molecular complexity index is 375.